The van der Waals surface area contributed by atoms with Crippen LogP contribution in [0.25, 0.3) is 0 Å². The number of imidazole rings is 1. The van der Waals surface area contributed by atoms with E-state index in [1.165, 1.54) is 6.33 Å². The van der Waals surface area contributed by atoms with Gasteiger partial charge in [-0.25, -0.2) is 14.6 Å². The van der Waals surface area contributed by atoms with Crippen LogP contribution < -0.4 is 5.32 Å². The summed E-state index contributed by atoms with van der Waals surface area (Å²) in [6, 6.07) is 19.5. The van der Waals surface area contributed by atoms with Crippen LogP contribution in [0.15, 0.2) is 89.5 Å². The van der Waals surface area contributed by atoms with E-state index in [0.29, 0.717) is 29.9 Å². The van der Waals surface area contributed by atoms with Crippen molar-refractivity contribution in [3.05, 3.63) is 112 Å². The number of hydrogen-bond acceptors (Lipinski definition) is 6. The fourth-order valence-electron chi connectivity index (χ4n) is 4.28. The van der Waals surface area contributed by atoms with Crippen molar-refractivity contribution in [2.75, 3.05) is 13.2 Å². The standard InChI is InChI=1S/C28H28ClN3O4/c1-18-22(27(33)35-15-13-20-9-5-3-6-10-20)24(25-26(29)31-17-30-25)23(19(2)32-18)28(34)36-16-14-21-11-7-4-8-12-21/h3-12,17,24,32H,13-16H2,1-2H3,(H,30,31). The minimum absolute atomic E-state index is 0.173. The zero-order valence-corrected chi connectivity index (χ0v) is 21.0. The first-order chi connectivity index (χ1) is 17.5. The van der Waals surface area contributed by atoms with Gasteiger partial charge in [-0.05, 0) is 25.0 Å². The lowest BCUT2D eigenvalue weighted by molar-refractivity contribution is -0.140. The highest BCUT2D eigenvalue weighted by Gasteiger charge is 2.40. The minimum Gasteiger partial charge on any atom is -0.462 e. The van der Waals surface area contributed by atoms with Gasteiger partial charge in [-0.2, -0.15) is 0 Å². The summed E-state index contributed by atoms with van der Waals surface area (Å²) in [6.07, 6.45) is 2.58. The molecule has 4 rings (SSSR count). The highest BCUT2D eigenvalue weighted by Crippen LogP contribution is 2.40. The summed E-state index contributed by atoms with van der Waals surface area (Å²) < 4.78 is 11.3. The number of hydrogen-bond donors (Lipinski definition) is 2. The van der Waals surface area contributed by atoms with Gasteiger partial charge in [0, 0.05) is 24.2 Å². The van der Waals surface area contributed by atoms with Gasteiger partial charge < -0.3 is 19.8 Å². The SMILES string of the molecule is CC1=C(C(=O)OCCc2ccccc2)C(c2[nH]cnc2Cl)C(C(=O)OCCc2ccccc2)=C(C)N1. The molecule has 0 saturated carbocycles. The van der Waals surface area contributed by atoms with Crippen LogP contribution in [0.5, 0.6) is 0 Å². The molecule has 36 heavy (non-hydrogen) atoms. The van der Waals surface area contributed by atoms with Gasteiger partial charge in [0.05, 0.1) is 42.3 Å². The quantitative estimate of drug-likeness (QED) is 0.403. The highest BCUT2D eigenvalue weighted by atomic mass is 35.5. The third-order valence-corrected chi connectivity index (χ3v) is 6.34. The number of esters is 2. The van der Waals surface area contributed by atoms with Crippen LogP contribution in [0, 0.1) is 0 Å². The normalized spacial score (nSPS) is 14.0. The summed E-state index contributed by atoms with van der Waals surface area (Å²) in [5.41, 5.74) is 4.28. The Hall–Kier alpha value is -3.84. The molecule has 0 spiro atoms. The smallest absolute Gasteiger partial charge is 0.336 e. The van der Waals surface area contributed by atoms with Crippen molar-refractivity contribution in [2.45, 2.75) is 32.6 Å². The Labute approximate surface area is 215 Å². The molecule has 1 aromatic heterocycles. The molecular weight excluding hydrogens is 478 g/mol. The van der Waals surface area contributed by atoms with Gasteiger partial charge in [0.1, 0.15) is 0 Å². The zero-order chi connectivity index (χ0) is 25.5. The van der Waals surface area contributed by atoms with Gasteiger partial charge in [0.2, 0.25) is 0 Å². The monoisotopic (exact) mass is 505 g/mol. The van der Waals surface area contributed by atoms with Crippen molar-refractivity contribution in [2.24, 2.45) is 0 Å². The van der Waals surface area contributed by atoms with Gasteiger partial charge in [-0.1, -0.05) is 72.3 Å². The number of ether oxygens (including phenoxy) is 2. The molecule has 2 heterocycles. The number of carbonyl (C=O) groups is 2. The number of carbonyl (C=O) groups excluding carboxylic acids is 2. The number of H-pyrrole nitrogens is 1. The van der Waals surface area contributed by atoms with Crippen LogP contribution in [0.2, 0.25) is 5.15 Å². The molecule has 0 amide bonds. The second-order valence-corrected chi connectivity index (χ2v) is 8.84. The van der Waals surface area contributed by atoms with Crippen LogP contribution in [0.1, 0.15) is 36.6 Å². The van der Waals surface area contributed by atoms with Crippen molar-refractivity contribution >= 4 is 23.5 Å². The first kappa shape index (κ1) is 25.3. The maximum atomic E-state index is 13.3. The van der Waals surface area contributed by atoms with Gasteiger partial charge in [0.15, 0.2) is 5.15 Å². The van der Waals surface area contributed by atoms with E-state index in [1.807, 2.05) is 60.7 Å². The van der Waals surface area contributed by atoms with Gasteiger partial charge in [-0.15, -0.1) is 0 Å². The second kappa shape index (κ2) is 11.7. The Bertz CT molecular complexity index is 1200. The average molecular weight is 506 g/mol. The topological polar surface area (TPSA) is 93.3 Å². The van der Waals surface area contributed by atoms with E-state index in [9.17, 15) is 9.59 Å². The number of allylic oxidation sites excluding steroid dienone is 2. The van der Waals surface area contributed by atoms with Crippen LogP contribution in [0.3, 0.4) is 0 Å². The minimum atomic E-state index is -0.810. The maximum absolute atomic E-state index is 13.3. The number of aromatic nitrogens is 2. The van der Waals surface area contributed by atoms with E-state index in [2.05, 4.69) is 15.3 Å². The fourth-order valence-corrected chi connectivity index (χ4v) is 4.49. The molecule has 0 unspecified atom stereocenters. The molecule has 8 heteroatoms. The van der Waals surface area contributed by atoms with Crippen LogP contribution in [-0.2, 0) is 31.9 Å². The molecule has 3 aromatic rings. The number of rotatable bonds is 9. The summed E-state index contributed by atoms with van der Waals surface area (Å²) in [4.78, 5) is 33.7. The molecular formula is C28H28ClN3O4. The molecule has 0 radical (unpaired) electrons. The average Bonchev–Trinajstić information content (AvgIpc) is 3.30. The summed E-state index contributed by atoms with van der Waals surface area (Å²) in [6.45, 7) is 3.93. The molecule has 2 N–H and O–H groups in total. The van der Waals surface area contributed by atoms with Crippen LogP contribution in [-0.4, -0.2) is 35.1 Å². The molecule has 0 saturated heterocycles. The summed E-state index contributed by atoms with van der Waals surface area (Å²) in [7, 11) is 0. The highest BCUT2D eigenvalue weighted by molar-refractivity contribution is 6.30. The number of dihydropyridines is 1. The molecule has 1 aliphatic heterocycles. The largest absolute Gasteiger partial charge is 0.462 e. The van der Waals surface area contributed by atoms with Crippen LogP contribution >= 0.6 is 11.6 Å². The van der Waals surface area contributed by atoms with Gasteiger partial charge in [-0.3, -0.25) is 0 Å². The predicted molar refractivity (Wildman–Crippen MR) is 137 cm³/mol. The van der Waals surface area contributed by atoms with Crippen LogP contribution in [0.4, 0.5) is 0 Å². The number of benzene rings is 2. The van der Waals surface area contributed by atoms with Crippen molar-refractivity contribution in [1.29, 1.82) is 0 Å². The number of nitrogens with zero attached hydrogens (tertiary/aromatic N) is 1. The molecule has 2 aromatic carbocycles. The van der Waals surface area contributed by atoms with E-state index in [-0.39, 0.29) is 29.5 Å². The predicted octanol–water partition coefficient (Wildman–Crippen LogP) is 4.87. The Balaban J connectivity index is 1.54. The first-order valence-corrected chi connectivity index (χ1v) is 12.1. The third-order valence-electron chi connectivity index (χ3n) is 6.04. The van der Waals surface area contributed by atoms with Crippen molar-refractivity contribution in [3.8, 4) is 0 Å². The second-order valence-electron chi connectivity index (χ2n) is 8.49. The molecule has 1 aliphatic rings. The molecule has 0 fully saturated rings. The lowest BCUT2D eigenvalue weighted by Gasteiger charge is -2.29. The lowest BCUT2D eigenvalue weighted by atomic mass is 9.83. The van der Waals surface area contributed by atoms with Gasteiger partial charge in [0.25, 0.3) is 0 Å². The van der Waals surface area contributed by atoms with Crippen molar-refractivity contribution < 1.29 is 19.1 Å². The Morgan fingerprint density at radius 2 is 1.31 bits per heavy atom. The Morgan fingerprint density at radius 3 is 1.72 bits per heavy atom. The lowest BCUT2D eigenvalue weighted by Crippen LogP contribution is -2.33. The molecule has 0 bridgehead atoms. The molecule has 186 valence electrons. The van der Waals surface area contributed by atoms with Gasteiger partial charge >= 0.3 is 11.9 Å². The number of aromatic amines is 1. The van der Waals surface area contributed by atoms with E-state index < -0.39 is 17.9 Å². The zero-order valence-electron chi connectivity index (χ0n) is 20.2. The first-order valence-electron chi connectivity index (χ1n) is 11.7. The van der Waals surface area contributed by atoms with E-state index in [0.717, 1.165) is 11.1 Å². The van der Waals surface area contributed by atoms with Crippen molar-refractivity contribution in [1.82, 2.24) is 15.3 Å². The molecule has 7 nitrogen and oxygen atoms in total. The van der Waals surface area contributed by atoms with E-state index in [1.54, 1.807) is 13.8 Å². The molecule has 0 aliphatic carbocycles. The summed E-state index contributed by atoms with van der Waals surface area (Å²) in [5.74, 6) is -1.88. The van der Waals surface area contributed by atoms with E-state index >= 15 is 0 Å². The summed E-state index contributed by atoms with van der Waals surface area (Å²) >= 11 is 6.37. The third kappa shape index (κ3) is 5.86. The van der Waals surface area contributed by atoms with E-state index in [4.69, 9.17) is 21.1 Å². The number of halogens is 1. The number of nitrogens with one attached hydrogen (secondary N) is 2. The molecule has 0 atom stereocenters. The summed E-state index contributed by atoms with van der Waals surface area (Å²) in [5, 5.41) is 3.32. The maximum Gasteiger partial charge on any atom is 0.336 e. The van der Waals surface area contributed by atoms with Crippen molar-refractivity contribution in [3.63, 3.8) is 0 Å². The fraction of sp³-hybridized carbons (Fsp3) is 0.250. The Kier molecular flexibility index (Phi) is 8.23. The Morgan fingerprint density at radius 1 is 0.833 bits per heavy atom.